The number of amides is 1. The molecule has 0 bridgehead atoms. The smallest absolute Gasteiger partial charge is 0.225 e. The fraction of sp³-hybridized carbons (Fsp3) is 0.304. The highest BCUT2D eigenvalue weighted by Crippen LogP contribution is 2.27. The molecule has 0 radical (unpaired) electrons. The third-order valence-corrected chi connectivity index (χ3v) is 6.47. The zero-order valence-corrected chi connectivity index (χ0v) is 17.3. The fourth-order valence-electron chi connectivity index (χ4n) is 3.80. The SMILES string of the molecule is CC(=O)c1ccc(N2CCN(C(=O)C[C@H](c3cccs3)n3cccc3)CC2)cc1. The molecule has 29 heavy (non-hydrogen) atoms. The van der Waals surface area contributed by atoms with Crippen molar-refractivity contribution in [2.45, 2.75) is 19.4 Å². The molecule has 1 aliphatic heterocycles. The first kappa shape index (κ1) is 19.5. The van der Waals surface area contributed by atoms with Crippen LogP contribution in [0.5, 0.6) is 0 Å². The van der Waals surface area contributed by atoms with E-state index in [1.165, 1.54) is 4.88 Å². The fourth-order valence-corrected chi connectivity index (χ4v) is 4.64. The van der Waals surface area contributed by atoms with Gasteiger partial charge >= 0.3 is 0 Å². The Morgan fingerprint density at radius 3 is 2.24 bits per heavy atom. The zero-order chi connectivity index (χ0) is 20.2. The molecular formula is C23H25N3O2S. The van der Waals surface area contributed by atoms with Gasteiger partial charge in [0.1, 0.15) is 0 Å². The molecule has 1 aliphatic rings. The van der Waals surface area contributed by atoms with Crippen molar-refractivity contribution in [2.75, 3.05) is 31.1 Å². The van der Waals surface area contributed by atoms with Crippen LogP contribution < -0.4 is 4.90 Å². The molecule has 5 nitrogen and oxygen atoms in total. The minimum absolute atomic E-state index is 0.0506. The van der Waals surface area contributed by atoms with Gasteiger partial charge in [0.25, 0.3) is 0 Å². The quantitative estimate of drug-likeness (QED) is 0.579. The first-order chi connectivity index (χ1) is 14.1. The van der Waals surface area contributed by atoms with Crippen molar-refractivity contribution < 1.29 is 9.59 Å². The van der Waals surface area contributed by atoms with E-state index in [4.69, 9.17) is 0 Å². The Morgan fingerprint density at radius 2 is 1.66 bits per heavy atom. The lowest BCUT2D eigenvalue weighted by atomic mass is 10.1. The number of ketones is 1. The van der Waals surface area contributed by atoms with Crippen molar-refractivity contribution in [3.8, 4) is 0 Å². The summed E-state index contributed by atoms with van der Waals surface area (Å²) in [7, 11) is 0. The Morgan fingerprint density at radius 1 is 0.966 bits per heavy atom. The van der Waals surface area contributed by atoms with Gasteiger partial charge in [0, 0.05) is 54.7 Å². The number of Topliss-reactive ketones (excluding diaryl/α,β-unsaturated/α-hetero) is 1. The van der Waals surface area contributed by atoms with Crippen LogP contribution in [0.1, 0.15) is 34.6 Å². The normalized spacial score (nSPS) is 15.3. The second-order valence-electron chi connectivity index (χ2n) is 7.34. The van der Waals surface area contributed by atoms with Gasteiger partial charge in [-0.3, -0.25) is 9.59 Å². The van der Waals surface area contributed by atoms with Crippen LogP contribution in [0, 0.1) is 0 Å². The van der Waals surface area contributed by atoms with Crippen LogP contribution in [0.4, 0.5) is 5.69 Å². The Hall–Kier alpha value is -2.86. The van der Waals surface area contributed by atoms with Gasteiger partial charge in [-0.05, 0) is 54.8 Å². The second kappa shape index (κ2) is 8.66. The summed E-state index contributed by atoms with van der Waals surface area (Å²) in [4.78, 5) is 29.9. The lowest BCUT2D eigenvalue weighted by Gasteiger charge is -2.36. The summed E-state index contributed by atoms with van der Waals surface area (Å²) < 4.78 is 2.12. The summed E-state index contributed by atoms with van der Waals surface area (Å²) in [5.41, 5.74) is 1.83. The van der Waals surface area contributed by atoms with Crippen LogP contribution >= 0.6 is 11.3 Å². The maximum atomic E-state index is 13.0. The summed E-state index contributed by atoms with van der Waals surface area (Å²) in [6, 6.07) is 15.9. The highest BCUT2D eigenvalue weighted by Gasteiger charge is 2.25. The summed E-state index contributed by atoms with van der Waals surface area (Å²) >= 11 is 1.69. The number of hydrogen-bond acceptors (Lipinski definition) is 4. The first-order valence-electron chi connectivity index (χ1n) is 9.91. The molecule has 0 spiro atoms. The molecule has 1 saturated heterocycles. The molecule has 1 aromatic carbocycles. The van der Waals surface area contributed by atoms with Gasteiger partial charge in [-0.25, -0.2) is 0 Å². The van der Waals surface area contributed by atoms with Gasteiger partial charge in [-0.1, -0.05) is 6.07 Å². The van der Waals surface area contributed by atoms with Crippen molar-refractivity contribution in [2.24, 2.45) is 0 Å². The van der Waals surface area contributed by atoms with Gasteiger partial charge < -0.3 is 14.4 Å². The third-order valence-electron chi connectivity index (χ3n) is 5.50. The van der Waals surface area contributed by atoms with Crippen LogP contribution in [-0.2, 0) is 4.79 Å². The van der Waals surface area contributed by atoms with Gasteiger partial charge in [-0.15, -0.1) is 11.3 Å². The largest absolute Gasteiger partial charge is 0.368 e. The number of thiophene rings is 1. The van der Waals surface area contributed by atoms with E-state index < -0.39 is 0 Å². The molecule has 1 atom stereocenters. The number of nitrogens with zero attached hydrogens (tertiary/aromatic N) is 3. The summed E-state index contributed by atoms with van der Waals surface area (Å²) in [5, 5.41) is 2.06. The van der Waals surface area contributed by atoms with Crippen molar-refractivity contribution in [3.63, 3.8) is 0 Å². The topological polar surface area (TPSA) is 45.6 Å². The predicted octanol–water partition coefficient (Wildman–Crippen LogP) is 4.08. The highest BCUT2D eigenvalue weighted by molar-refractivity contribution is 7.10. The molecule has 0 unspecified atom stereocenters. The van der Waals surface area contributed by atoms with Gasteiger partial charge in [0.15, 0.2) is 5.78 Å². The van der Waals surface area contributed by atoms with E-state index in [1.807, 2.05) is 59.8 Å². The maximum Gasteiger partial charge on any atom is 0.225 e. The lowest BCUT2D eigenvalue weighted by Crippen LogP contribution is -2.49. The number of carbonyl (C=O) groups is 2. The molecule has 0 saturated carbocycles. The molecule has 6 heteroatoms. The van der Waals surface area contributed by atoms with Crippen molar-refractivity contribution in [1.29, 1.82) is 0 Å². The van der Waals surface area contributed by atoms with Crippen LogP contribution in [0.3, 0.4) is 0 Å². The molecular weight excluding hydrogens is 382 g/mol. The Labute approximate surface area is 175 Å². The van der Waals surface area contributed by atoms with Crippen LogP contribution in [0.15, 0.2) is 66.3 Å². The monoisotopic (exact) mass is 407 g/mol. The maximum absolute atomic E-state index is 13.0. The number of benzene rings is 1. The lowest BCUT2D eigenvalue weighted by molar-refractivity contribution is -0.132. The Kier molecular flexibility index (Phi) is 5.81. The second-order valence-corrected chi connectivity index (χ2v) is 8.32. The number of rotatable bonds is 6. The number of hydrogen-bond donors (Lipinski definition) is 0. The van der Waals surface area contributed by atoms with E-state index in [1.54, 1.807) is 18.3 Å². The molecule has 0 N–H and O–H groups in total. The number of carbonyl (C=O) groups excluding carboxylic acids is 2. The van der Waals surface area contributed by atoms with E-state index in [2.05, 4.69) is 20.9 Å². The predicted molar refractivity (Wildman–Crippen MR) is 117 cm³/mol. The molecule has 0 aliphatic carbocycles. The summed E-state index contributed by atoms with van der Waals surface area (Å²) in [5.74, 6) is 0.277. The van der Waals surface area contributed by atoms with Crippen LogP contribution in [-0.4, -0.2) is 47.3 Å². The molecule has 3 aromatic rings. The molecule has 4 rings (SSSR count). The van der Waals surface area contributed by atoms with E-state index in [-0.39, 0.29) is 17.7 Å². The number of piperazine rings is 1. The third kappa shape index (κ3) is 4.43. The van der Waals surface area contributed by atoms with E-state index in [9.17, 15) is 9.59 Å². The summed E-state index contributed by atoms with van der Waals surface area (Å²) in [6.07, 6.45) is 4.53. The van der Waals surface area contributed by atoms with Crippen molar-refractivity contribution >= 4 is 28.7 Å². The highest BCUT2D eigenvalue weighted by atomic mass is 32.1. The zero-order valence-electron chi connectivity index (χ0n) is 16.5. The first-order valence-corrected chi connectivity index (χ1v) is 10.8. The van der Waals surface area contributed by atoms with E-state index >= 15 is 0 Å². The Bertz CT molecular complexity index is 906. The van der Waals surface area contributed by atoms with Crippen LogP contribution in [0.25, 0.3) is 0 Å². The summed E-state index contributed by atoms with van der Waals surface area (Å²) in [6.45, 7) is 4.62. The van der Waals surface area contributed by atoms with E-state index in [0.29, 0.717) is 6.42 Å². The molecule has 2 aromatic heterocycles. The molecule has 1 amide bonds. The standard InChI is InChI=1S/C23H25N3O2S/c1-18(27)19-6-8-20(9-7-19)24-12-14-26(15-13-24)23(28)17-21(22-5-4-16-29-22)25-10-2-3-11-25/h2-11,16,21H,12-15,17H2,1H3/t21-/m1/s1. The average molecular weight is 408 g/mol. The average Bonchev–Trinajstić information content (AvgIpc) is 3.46. The van der Waals surface area contributed by atoms with E-state index in [0.717, 1.165) is 37.4 Å². The minimum atomic E-state index is 0.0506. The Balaban J connectivity index is 1.38. The van der Waals surface area contributed by atoms with Crippen molar-refractivity contribution in [1.82, 2.24) is 9.47 Å². The molecule has 1 fully saturated rings. The number of anilines is 1. The van der Waals surface area contributed by atoms with Crippen LogP contribution in [0.2, 0.25) is 0 Å². The molecule has 3 heterocycles. The van der Waals surface area contributed by atoms with Crippen molar-refractivity contribution in [3.05, 3.63) is 76.7 Å². The van der Waals surface area contributed by atoms with Gasteiger partial charge in [-0.2, -0.15) is 0 Å². The van der Waals surface area contributed by atoms with Gasteiger partial charge in [0.2, 0.25) is 5.91 Å². The molecule has 150 valence electrons. The minimum Gasteiger partial charge on any atom is -0.368 e. The van der Waals surface area contributed by atoms with Gasteiger partial charge in [0.05, 0.1) is 12.5 Å². The number of aromatic nitrogens is 1.